The van der Waals surface area contributed by atoms with Crippen LogP contribution in [0, 0.1) is 11.8 Å². The largest absolute Gasteiger partial charge is 0.396 e. The molecule has 0 rings (SSSR count). The number of hydrogen-bond donors (Lipinski definition) is 2. The summed E-state index contributed by atoms with van der Waals surface area (Å²) in [5, 5.41) is 18.3. The molecule has 0 unspecified atom stereocenters. The molecule has 0 aromatic rings. The highest BCUT2D eigenvalue weighted by molar-refractivity contribution is 5.00. The van der Waals surface area contributed by atoms with E-state index < -0.39 is 0 Å². The van der Waals surface area contributed by atoms with Gasteiger partial charge in [0, 0.05) is 6.61 Å². The van der Waals surface area contributed by atoms with Crippen LogP contribution in [0.1, 0.15) is 27.2 Å². The lowest BCUT2D eigenvalue weighted by molar-refractivity contribution is 0.121. The molecule has 72 valence electrons. The lowest BCUT2D eigenvalue weighted by atomic mass is 9.93. The Morgan fingerprint density at radius 3 is 2.17 bits per heavy atom. The fourth-order valence-electron chi connectivity index (χ4n) is 0.835. The molecular formula is C10H20O2. The van der Waals surface area contributed by atoms with E-state index in [0.717, 1.165) is 5.57 Å². The van der Waals surface area contributed by atoms with Gasteiger partial charge < -0.3 is 10.2 Å². The minimum Gasteiger partial charge on any atom is -0.396 e. The fraction of sp³-hybridized carbons (Fsp3) is 0.800. The van der Waals surface area contributed by atoms with Gasteiger partial charge in [0.1, 0.15) is 0 Å². The summed E-state index contributed by atoms with van der Waals surface area (Å²) in [6.07, 6.45) is 0.269. The molecule has 0 saturated heterocycles. The van der Waals surface area contributed by atoms with E-state index in [2.05, 4.69) is 6.58 Å². The van der Waals surface area contributed by atoms with Crippen molar-refractivity contribution in [2.24, 2.45) is 11.8 Å². The van der Waals surface area contributed by atoms with E-state index in [0.29, 0.717) is 6.42 Å². The minimum atomic E-state index is -0.327. The summed E-state index contributed by atoms with van der Waals surface area (Å²) in [7, 11) is 0. The molecule has 2 nitrogen and oxygen atoms in total. The topological polar surface area (TPSA) is 40.5 Å². The molecular weight excluding hydrogens is 152 g/mol. The number of aliphatic hydroxyl groups excluding tert-OH is 2. The number of rotatable bonds is 5. The van der Waals surface area contributed by atoms with E-state index in [1.54, 1.807) is 0 Å². The van der Waals surface area contributed by atoms with Crippen molar-refractivity contribution in [3.05, 3.63) is 12.2 Å². The average molecular weight is 172 g/mol. The smallest absolute Gasteiger partial charge is 0.0600 e. The Labute approximate surface area is 74.9 Å². The van der Waals surface area contributed by atoms with Crippen LogP contribution in [0.2, 0.25) is 0 Å². The predicted octanol–water partition coefficient (Wildman–Crippen LogP) is 1.58. The Morgan fingerprint density at radius 2 is 1.83 bits per heavy atom. The zero-order valence-electron chi connectivity index (χ0n) is 8.25. The molecule has 0 heterocycles. The number of aliphatic hydroxyl groups is 2. The normalized spacial score (nSPS) is 16.2. The third-order valence-electron chi connectivity index (χ3n) is 2.21. The van der Waals surface area contributed by atoms with Crippen LogP contribution in [-0.2, 0) is 0 Å². The maximum atomic E-state index is 9.50. The van der Waals surface area contributed by atoms with Crippen molar-refractivity contribution in [3.63, 3.8) is 0 Å². The summed E-state index contributed by atoms with van der Waals surface area (Å²) in [5.41, 5.74) is 0.929. The molecule has 0 aliphatic rings. The molecule has 2 atom stereocenters. The first-order chi connectivity index (χ1) is 5.49. The monoisotopic (exact) mass is 172 g/mol. The maximum absolute atomic E-state index is 9.50. The second-order valence-corrected chi connectivity index (χ2v) is 3.76. The zero-order valence-corrected chi connectivity index (χ0v) is 8.25. The van der Waals surface area contributed by atoms with Gasteiger partial charge >= 0.3 is 0 Å². The van der Waals surface area contributed by atoms with Crippen molar-refractivity contribution < 1.29 is 10.2 Å². The Bertz CT molecular complexity index is 141. The summed E-state index contributed by atoms with van der Waals surface area (Å²) in [4.78, 5) is 0. The van der Waals surface area contributed by atoms with Crippen LogP contribution in [0.4, 0.5) is 0 Å². The SMILES string of the molecule is C=C(C[C@H](O)C(C)C)[C@H](C)CO. The fourth-order valence-corrected chi connectivity index (χ4v) is 0.835. The second-order valence-electron chi connectivity index (χ2n) is 3.76. The van der Waals surface area contributed by atoms with E-state index in [1.807, 2.05) is 20.8 Å². The minimum absolute atomic E-state index is 0.0957. The maximum Gasteiger partial charge on any atom is 0.0600 e. The van der Waals surface area contributed by atoms with Crippen LogP contribution in [0.15, 0.2) is 12.2 Å². The standard InChI is InChI=1S/C10H20O2/c1-7(2)10(12)5-8(3)9(4)6-11/h7,9-12H,3,5-6H2,1-2,4H3/t9-,10+/m1/s1. The molecule has 0 amide bonds. The molecule has 12 heavy (non-hydrogen) atoms. The highest BCUT2D eigenvalue weighted by atomic mass is 16.3. The van der Waals surface area contributed by atoms with Gasteiger partial charge in [0.05, 0.1) is 6.10 Å². The van der Waals surface area contributed by atoms with Crippen molar-refractivity contribution in [2.75, 3.05) is 6.61 Å². The van der Waals surface area contributed by atoms with Gasteiger partial charge in [-0.25, -0.2) is 0 Å². The van der Waals surface area contributed by atoms with Crippen LogP contribution < -0.4 is 0 Å². The molecule has 0 bridgehead atoms. The Kier molecular flexibility index (Phi) is 5.18. The zero-order chi connectivity index (χ0) is 9.72. The summed E-state index contributed by atoms with van der Waals surface area (Å²) in [6, 6.07) is 0. The van der Waals surface area contributed by atoms with Crippen molar-refractivity contribution >= 4 is 0 Å². The highest BCUT2D eigenvalue weighted by Crippen LogP contribution is 2.17. The van der Waals surface area contributed by atoms with Gasteiger partial charge in [-0.3, -0.25) is 0 Å². The van der Waals surface area contributed by atoms with Crippen molar-refractivity contribution in [3.8, 4) is 0 Å². The van der Waals surface area contributed by atoms with Crippen molar-refractivity contribution in [1.29, 1.82) is 0 Å². The van der Waals surface area contributed by atoms with Gasteiger partial charge in [-0.2, -0.15) is 0 Å². The van der Waals surface area contributed by atoms with Gasteiger partial charge in [-0.05, 0) is 18.3 Å². The van der Waals surface area contributed by atoms with E-state index in [4.69, 9.17) is 5.11 Å². The lowest BCUT2D eigenvalue weighted by Gasteiger charge is -2.18. The molecule has 0 fully saturated rings. The Balaban J connectivity index is 3.84. The van der Waals surface area contributed by atoms with Crippen LogP contribution in [0.25, 0.3) is 0 Å². The van der Waals surface area contributed by atoms with Crippen LogP contribution in [0.5, 0.6) is 0 Å². The van der Waals surface area contributed by atoms with Gasteiger partial charge in [0.15, 0.2) is 0 Å². The quantitative estimate of drug-likeness (QED) is 0.618. The summed E-state index contributed by atoms with van der Waals surface area (Å²) >= 11 is 0. The summed E-state index contributed by atoms with van der Waals surface area (Å²) in [6.45, 7) is 9.80. The van der Waals surface area contributed by atoms with Gasteiger partial charge in [0.2, 0.25) is 0 Å². The molecule has 0 aromatic heterocycles. The van der Waals surface area contributed by atoms with E-state index in [-0.39, 0.29) is 24.5 Å². The van der Waals surface area contributed by atoms with E-state index in [9.17, 15) is 5.11 Å². The van der Waals surface area contributed by atoms with E-state index in [1.165, 1.54) is 0 Å². The van der Waals surface area contributed by atoms with E-state index >= 15 is 0 Å². The van der Waals surface area contributed by atoms with Crippen LogP contribution in [0.3, 0.4) is 0 Å². The first kappa shape index (κ1) is 11.7. The molecule has 2 heteroatoms. The van der Waals surface area contributed by atoms with Gasteiger partial charge in [0.25, 0.3) is 0 Å². The first-order valence-electron chi connectivity index (χ1n) is 4.45. The molecule has 0 aromatic carbocycles. The van der Waals surface area contributed by atoms with Gasteiger partial charge in [-0.15, -0.1) is 0 Å². The average Bonchev–Trinajstić information content (AvgIpc) is 2.02. The lowest BCUT2D eigenvalue weighted by Crippen LogP contribution is -2.18. The predicted molar refractivity (Wildman–Crippen MR) is 50.9 cm³/mol. The second kappa shape index (κ2) is 5.33. The molecule has 2 N–H and O–H groups in total. The molecule has 0 saturated carbocycles. The van der Waals surface area contributed by atoms with Crippen LogP contribution in [-0.4, -0.2) is 22.9 Å². The molecule has 0 aliphatic heterocycles. The summed E-state index contributed by atoms with van der Waals surface area (Å²) < 4.78 is 0. The highest BCUT2D eigenvalue weighted by Gasteiger charge is 2.13. The third-order valence-corrected chi connectivity index (χ3v) is 2.21. The third kappa shape index (κ3) is 3.88. The van der Waals surface area contributed by atoms with Gasteiger partial charge in [-0.1, -0.05) is 32.9 Å². The molecule has 0 radical (unpaired) electrons. The van der Waals surface area contributed by atoms with Crippen molar-refractivity contribution in [2.45, 2.75) is 33.3 Å². The molecule has 0 spiro atoms. The molecule has 0 aliphatic carbocycles. The first-order valence-corrected chi connectivity index (χ1v) is 4.45. The number of hydrogen-bond acceptors (Lipinski definition) is 2. The Hall–Kier alpha value is -0.340. The van der Waals surface area contributed by atoms with Crippen LogP contribution >= 0.6 is 0 Å². The Morgan fingerprint density at radius 1 is 1.33 bits per heavy atom. The van der Waals surface area contributed by atoms with Crippen molar-refractivity contribution in [1.82, 2.24) is 0 Å². The summed E-state index contributed by atoms with van der Waals surface area (Å²) in [5.74, 6) is 0.353.